The molecule has 0 fully saturated rings. The van der Waals surface area contributed by atoms with Gasteiger partial charge < -0.3 is 0 Å². The smallest absolute Gasteiger partial charge is 0.195 e. The van der Waals surface area contributed by atoms with Gasteiger partial charge in [-0.05, 0) is 35.0 Å². The van der Waals surface area contributed by atoms with Crippen molar-refractivity contribution >= 4 is 44.1 Å². The summed E-state index contributed by atoms with van der Waals surface area (Å²) in [6.07, 6.45) is 0. The molecular formula is C17H10BrClO. The number of fused-ring (bicyclic) bond motifs is 1. The SMILES string of the molecule is O=C(c1ccccc1Cl)c1ccc(Br)c2ccccc12. The molecule has 0 spiro atoms. The minimum atomic E-state index is -0.0562. The maximum Gasteiger partial charge on any atom is 0.195 e. The van der Waals surface area contributed by atoms with E-state index in [1.807, 2.05) is 48.5 Å². The molecule has 0 atom stereocenters. The standard InChI is InChI=1S/C17H10BrClO/c18-15-10-9-13(11-5-1-2-6-12(11)15)17(20)14-7-3-4-8-16(14)19/h1-10H. The lowest BCUT2D eigenvalue weighted by Gasteiger charge is -2.08. The first-order chi connectivity index (χ1) is 9.68. The molecule has 3 aromatic rings. The molecule has 0 amide bonds. The topological polar surface area (TPSA) is 17.1 Å². The Morgan fingerprint density at radius 2 is 1.45 bits per heavy atom. The number of hydrogen-bond donors (Lipinski definition) is 0. The van der Waals surface area contributed by atoms with Crippen LogP contribution >= 0.6 is 27.5 Å². The number of halogens is 2. The third kappa shape index (κ3) is 2.26. The second-order valence-electron chi connectivity index (χ2n) is 4.45. The number of hydrogen-bond acceptors (Lipinski definition) is 1. The van der Waals surface area contributed by atoms with Crippen LogP contribution in [0.1, 0.15) is 15.9 Å². The summed E-state index contributed by atoms with van der Waals surface area (Å²) in [5.41, 5.74) is 1.19. The summed E-state index contributed by atoms with van der Waals surface area (Å²) in [6.45, 7) is 0. The Labute approximate surface area is 130 Å². The highest BCUT2D eigenvalue weighted by Gasteiger charge is 2.15. The van der Waals surface area contributed by atoms with Crippen molar-refractivity contribution in [2.75, 3.05) is 0 Å². The van der Waals surface area contributed by atoms with Crippen LogP contribution in [0, 0.1) is 0 Å². The zero-order valence-electron chi connectivity index (χ0n) is 10.4. The normalized spacial score (nSPS) is 10.7. The fourth-order valence-electron chi connectivity index (χ4n) is 2.25. The van der Waals surface area contributed by atoms with Crippen LogP contribution < -0.4 is 0 Å². The van der Waals surface area contributed by atoms with Crippen LogP contribution in [-0.4, -0.2) is 5.78 Å². The minimum Gasteiger partial charge on any atom is -0.289 e. The average molecular weight is 346 g/mol. The third-order valence-electron chi connectivity index (χ3n) is 3.23. The molecule has 0 aliphatic rings. The molecule has 0 saturated carbocycles. The van der Waals surface area contributed by atoms with Gasteiger partial charge in [-0.3, -0.25) is 4.79 Å². The first kappa shape index (κ1) is 13.3. The number of ketones is 1. The van der Waals surface area contributed by atoms with Crippen LogP contribution in [0.3, 0.4) is 0 Å². The van der Waals surface area contributed by atoms with Crippen molar-refractivity contribution in [2.45, 2.75) is 0 Å². The second-order valence-corrected chi connectivity index (χ2v) is 5.71. The van der Waals surface area contributed by atoms with Crippen molar-refractivity contribution in [1.29, 1.82) is 0 Å². The Morgan fingerprint density at radius 3 is 2.20 bits per heavy atom. The Kier molecular flexibility index (Phi) is 3.60. The van der Waals surface area contributed by atoms with Crippen molar-refractivity contribution in [3.8, 4) is 0 Å². The van der Waals surface area contributed by atoms with Crippen molar-refractivity contribution in [2.24, 2.45) is 0 Å². The highest BCUT2D eigenvalue weighted by Crippen LogP contribution is 2.29. The predicted octanol–water partition coefficient (Wildman–Crippen LogP) is 5.49. The molecule has 0 aliphatic carbocycles. The van der Waals surface area contributed by atoms with Crippen LogP contribution in [0.2, 0.25) is 5.02 Å². The summed E-state index contributed by atoms with van der Waals surface area (Å²) >= 11 is 9.63. The van der Waals surface area contributed by atoms with E-state index in [1.54, 1.807) is 12.1 Å². The Morgan fingerprint density at radius 1 is 0.800 bits per heavy atom. The lowest BCUT2D eigenvalue weighted by Crippen LogP contribution is -2.03. The van der Waals surface area contributed by atoms with Gasteiger partial charge >= 0.3 is 0 Å². The lowest BCUT2D eigenvalue weighted by atomic mass is 9.97. The highest BCUT2D eigenvalue weighted by molar-refractivity contribution is 9.10. The van der Waals surface area contributed by atoms with Gasteiger partial charge in [0.1, 0.15) is 0 Å². The van der Waals surface area contributed by atoms with E-state index in [2.05, 4.69) is 15.9 Å². The van der Waals surface area contributed by atoms with Crippen LogP contribution in [0.5, 0.6) is 0 Å². The highest BCUT2D eigenvalue weighted by atomic mass is 79.9. The van der Waals surface area contributed by atoms with Gasteiger partial charge in [-0.25, -0.2) is 0 Å². The second kappa shape index (κ2) is 5.39. The molecule has 20 heavy (non-hydrogen) atoms. The Hall–Kier alpha value is -1.64. The Balaban J connectivity index is 2.23. The molecule has 0 aromatic heterocycles. The van der Waals surface area contributed by atoms with E-state index in [0.717, 1.165) is 15.2 Å². The summed E-state index contributed by atoms with van der Waals surface area (Å²) in [5, 5.41) is 2.42. The fraction of sp³-hybridized carbons (Fsp3) is 0. The molecule has 3 heteroatoms. The van der Waals surface area contributed by atoms with E-state index in [4.69, 9.17) is 11.6 Å². The van der Waals surface area contributed by atoms with Crippen LogP contribution in [-0.2, 0) is 0 Å². The molecule has 0 unspecified atom stereocenters. The summed E-state index contributed by atoms with van der Waals surface area (Å²) in [7, 11) is 0. The van der Waals surface area contributed by atoms with Crippen LogP contribution in [0.25, 0.3) is 10.8 Å². The van der Waals surface area contributed by atoms with Gasteiger partial charge in [0.05, 0.1) is 5.02 Å². The van der Waals surface area contributed by atoms with E-state index in [9.17, 15) is 4.79 Å². The summed E-state index contributed by atoms with van der Waals surface area (Å²) in [5.74, 6) is -0.0562. The molecule has 0 bridgehead atoms. The predicted molar refractivity (Wildman–Crippen MR) is 86.5 cm³/mol. The zero-order chi connectivity index (χ0) is 14.1. The molecular weight excluding hydrogens is 336 g/mol. The first-order valence-corrected chi connectivity index (χ1v) is 7.32. The van der Waals surface area contributed by atoms with E-state index < -0.39 is 0 Å². The minimum absolute atomic E-state index is 0.0562. The average Bonchev–Trinajstić information content (AvgIpc) is 2.48. The quantitative estimate of drug-likeness (QED) is 0.562. The zero-order valence-corrected chi connectivity index (χ0v) is 12.8. The number of carbonyl (C=O) groups is 1. The lowest BCUT2D eigenvalue weighted by molar-refractivity contribution is 0.104. The fourth-order valence-corrected chi connectivity index (χ4v) is 2.95. The molecule has 0 saturated heterocycles. The molecule has 98 valence electrons. The largest absolute Gasteiger partial charge is 0.289 e. The maximum atomic E-state index is 12.7. The Bertz CT molecular complexity index is 811. The van der Waals surface area contributed by atoms with Gasteiger partial charge in [-0.1, -0.05) is 63.9 Å². The van der Waals surface area contributed by atoms with Gasteiger partial charge in [0.2, 0.25) is 0 Å². The molecule has 0 aliphatic heterocycles. The number of rotatable bonds is 2. The summed E-state index contributed by atoms with van der Waals surface area (Å²) in [6, 6.07) is 18.7. The molecule has 1 nitrogen and oxygen atoms in total. The van der Waals surface area contributed by atoms with Gasteiger partial charge in [-0.15, -0.1) is 0 Å². The van der Waals surface area contributed by atoms with E-state index in [0.29, 0.717) is 16.1 Å². The molecule has 3 aromatic carbocycles. The van der Waals surface area contributed by atoms with Crippen molar-refractivity contribution in [1.82, 2.24) is 0 Å². The van der Waals surface area contributed by atoms with E-state index in [1.165, 1.54) is 0 Å². The van der Waals surface area contributed by atoms with Crippen molar-refractivity contribution in [3.63, 3.8) is 0 Å². The van der Waals surface area contributed by atoms with Gasteiger partial charge in [0, 0.05) is 15.6 Å². The monoisotopic (exact) mass is 344 g/mol. The first-order valence-electron chi connectivity index (χ1n) is 6.15. The third-order valence-corrected chi connectivity index (χ3v) is 4.26. The molecule has 0 heterocycles. The maximum absolute atomic E-state index is 12.7. The number of benzene rings is 3. The van der Waals surface area contributed by atoms with Gasteiger partial charge in [0.25, 0.3) is 0 Å². The molecule has 0 radical (unpaired) electrons. The van der Waals surface area contributed by atoms with Gasteiger partial charge in [0.15, 0.2) is 5.78 Å². The molecule has 0 N–H and O–H groups in total. The van der Waals surface area contributed by atoms with E-state index >= 15 is 0 Å². The molecule has 3 rings (SSSR count). The van der Waals surface area contributed by atoms with Crippen LogP contribution in [0.4, 0.5) is 0 Å². The van der Waals surface area contributed by atoms with Crippen LogP contribution in [0.15, 0.2) is 65.1 Å². The van der Waals surface area contributed by atoms with E-state index in [-0.39, 0.29) is 5.78 Å². The van der Waals surface area contributed by atoms with Crippen molar-refractivity contribution in [3.05, 3.63) is 81.3 Å². The summed E-state index contributed by atoms with van der Waals surface area (Å²) in [4.78, 5) is 12.7. The number of carbonyl (C=O) groups excluding carboxylic acids is 1. The summed E-state index contributed by atoms with van der Waals surface area (Å²) < 4.78 is 0.976. The van der Waals surface area contributed by atoms with Crippen molar-refractivity contribution < 1.29 is 4.79 Å². The van der Waals surface area contributed by atoms with Gasteiger partial charge in [-0.2, -0.15) is 0 Å².